The van der Waals surface area contributed by atoms with E-state index in [4.69, 9.17) is 11.6 Å². The van der Waals surface area contributed by atoms with E-state index < -0.39 is 4.92 Å². The minimum atomic E-state index is -0.583. The standard InChI is InChI=1S/C17H19ClN4O3/c1-17(2,3)21-14-6-7-20(10-12(14)9-19-21)16(23)11-4-5-13(18)15(8-11)22(24)25/h4-5,8-9H,6-7,10H2,1-3H3. The quantitative estimate of drug-likeness (QED) is 0.605. The van der Waals surface area contributed by atoms with E-state index in [2.05, 4.69) is 25.9 Å². The number of fused-ring (bicyclic) bond motifs is 1. The molecule has 8 heteroatoms. The number of hydrogen-bond acceptors (Lipinski definition) is 4. The number of nitro groups is 1. The minimum Gasteiger partial charge on any atom is -0.334 e. The Morgan fingerprint density at radius 2 is 2.08 bits per heavy atom. The summed E-state index contributed by atoms with van der Waals surface area (Å²) in [6.45, 7) is 7.25. The van der Waals surface area contributed by atoms with Crippen LogP contribution in [0.5, 0.6) is 0 Å². The zero-order valence-electron chi connectivity index (χ0n) is 14.3. The second-order valence-corrected chi connectivity index (χ2v) is 7.51. The highest BCUT2D eigenvalue weighted by Gasteiger charge is 2.28. The summed E-state index contributed by atoms with van der Waals surface area (Å²) in [5.74, 6) is -0.242. The number of carbonyl (C=O) groups excluding carboxylic acids is 1. The summed E-state index contributed by atoms with van der Waals surface area (Å²) in [5.41, 5.74) is 2.04. The molecule has 0 bridgehead atoms. The van der Waals surface area contributed by atoms with Gasteiger partial charge in [0.1, 0.15) is 5.02 Å². The normalized spacial score (nSPS) is 14.3. The van der Waals surface area contributed by atoms with Crippen LogP contribution in [-0.2, 0) is 18.5 Å². The number of benzene rings is 1. The Labute approximate surface area is 150 Å². The van der Waals surface area contributed by atoms with Crippen LogP contribution in [0.15, 0.2) is 24.4 Å². The Kier molecular flexibility index (Phi) is 4.28. The molecule has 1 amide bonds. The molecular formula is C17H19ClN4O3. The van der Waals surface area contributed by atoms with Crippen molar-refractivity contribution in [3.05, 3.63) is 56.4 Å². The maximum Gasteiger partial charge on any atom is 0.288 e. The summed E-state index contributed by atoms with van der Waals surface area (Å²) in [6, 6.07) is 4.14. The number of halogens is 1. The fourth-order valence-corrected chi connectivity index (χ4v) is 3.24. The van der Waals surface area contributed by atoms with E-state index in [1.165, 1.54) is 18.2 Å². The van der Waals surface area contributed by atoms with Gasteiger partial charge in [-0.15, -0.1) is 0 Å². The van der Waals surface area contributed by atoms with Crippen LogP contribution in [0.1, 0.15) is 42.4 Å². The first-order chi connectivity index (χ1) is 11.7. The van der Waals surface area contributed by atoms with Crippen LogP contribution in [0.2, 0.25) is 5.02 Å². The van der Waals surface area contributed by atoms with Crippen molar-refractivity contribution in [2.24, 2.45) is 0 Å². The fraction of sp³-hybridized carbons (Fsp3) is 0.412. The van der Waals surface area contributed by atoms with Gasteiger partial charge >= 0.3 is 0 Å². The van der Waals surface area contributed by atoms with Gasteiger partial charge in [-0.1, -0.05) is 11.6 Å². The Balaban J connectivity index is 1.85. The van der Waals surface area contributed by atoms with Gasteiger partial charge in [-0.05, 0) is 32.9 Å². The molecule has 0 spiro atoms. The van der Waals surface area contributed by atoms with Crippen molar-refractivity contribution >= 4 is 23.2 Å². The molecule has 1 aromatic carbocycles. The molecular weight excluding hydrogens is 344 g/mol. The molecule has 3 rings (SSSR count). The molecule has 0 saturated carbocycles. The number of rotatable bonds is 2. The van der Waals surface area contributed by atoms with E-state index in [1.54, 1.807) is 11.1 Å². The molecule has 1 aromatic heterocycles. The third-order valence-corrected chi connectivity index (χ3v) is 4.57. The molecule has 2 aromatic rings. The second-order valence-electron chi connectivity index (χ2n) is 7.10. The van der Waals surface area contributed by atoms with Crippen LogP contribution < -0.4 is 0 Å². The van der Waals surface area contributed by atoms with Crippen LogP contribution in [-0.4, -0.2) is 32.1 Å². The molecule has 0 fully saturated rings. The monoisotopic (exact) mass is 362 g/mol. The maximum absolute atomic E-state index is 12.7. The zero-order chi connectivity index (χ0) is 18.4. The molecule has 132 valence electrons. The number of hydrogen-bond donors (Lipinski definition) is 0. The van der Waals surface area contributed by atoms with Gasteiger partial charge in [0, 0.05) is 42.4 Å². The number of carbonyl (C=O) groups is 1. The lowest BCUT2D eigenvalue weighted by Gasteiger charge is -2.30. The molecule has 25 heavy (non-hydrogen) atoms. The summed E-state index contributed by atoms with van der Waals surface area (Å²) >= 11 is 5.82. The molecule has 7 nitrogen and oxygen atoms in total. The molecule has 0 N–H and O–H groups in total. The minimum absolute atomic E-state index is 0.0222. The van der Waals surface area contributed by atoms with Gasteiger partial charge in [-0.25, -0.2) is 0 Å². The van der Waals surface area contributed by atoms with Crippen LogP contribution in [0, 0.1) is 10.1 Å². The van der Waals surface area contributed by atoms with Crippen molar-refractivity contribution in [3.8, 4) is 0 Å². The number of nitro benzene ring substituents is 1. The van der Waals surface area contributed by atoms with Gasteiger partial charge in [0.2, 0.25) is 0 Å². The highest BCUT2D eigenvalue weighted by Crippen LogP contribution is 2.28. The summed E-state index contributed by atoms with van der Waals surface area (Å²) in [7, 11) is 0. The summed E-state index contributed by atoms with van der Waals surface area (Å²) < 4.78 is 2.00. The lowest BCUT2D eigenvalue weighted by atomic mass is 10.0. The van der Waals surface area contributed by atoms with E-state index in [-0.39, 0.29) is 27.7 Å². The van der Waals surface area contributed by atoms with Crippen LogP contribution in [0.3, 0.4) is 0 Å². The van der Waals surface area contributed by atoms with Gasteiger partial charge in [0.05, 0.1) is 16.7 Å². The predicted octanol–water partition coefficient (Wildman–Crippen LogP) is 3.40. The molecule has 0 aliphatic carbocycles. The first kappa shape index (κ1) is 17.4. The topological polar surface area (TPSA) is 81.3 Å². The Hall–Kier alpha value is -2.41. The van der Waals surface area contributed by atoms with Gasteiger partial charge in [0.15, 0.2) is 0 Å². The smallest absolute Gasteiger partial charge is 0.288 e. The Morgan fingerprint density at radius 3 is 2.72 bits per heavy atom. The number of nitrogens with zero attached hydrogens (tertiary/aromatic N) is 4. The molecule has 1 aliphatic rings. The first-order valence-electron chi connectivity index (χ1n) is 7.98. The van der Waals surface area contributed by atoms with Crippen molar-refractivity contribution in [2.45, 2.75) is 39.3 Å². The number of amides is 1. The first-order valence-corrected chi connectivity index (χ1v) is 8.36. The highest BCUT2D eigenvalue weighted by atomic mass is 35.5. The summed E-state index contributed by atoms with van der Waals surface area (Å²) in [5, 5.41) is 15.5. The van der Waals surface area contributed by atoms with Gasteiger partial charge in [-0.2, -0.15) is 5.10 Å². The van der Waals surface area contributed by atoms with Gasteiger partial charge in [0.25, 0.3) is 11.6 Å². The Morgan fingerprint density at radius 1 is 1.36 bits per heavy atom. The third kappa shape index (κ3) is 3.24. The lowest BCUT2D eigenvalue weighted by molar-refractivity contribution is -0.384. The van der Waals surface area contributed by atoms with Crippen LogP contribution in [0.25, 0.3) is 0 Å². The maximum atomic E-state index is 12.7. The van der Waals surface area contributed by atoms with Crippen molar-refractivity contribution in [1.82, 2.24) is 14.7 Å². The average molecular weight is 363 g/mol. The zero-order valence-corrected chi connectivity index (χ0v) is 15.1. The third-order valence-electron chi connectivity index (χ3n) is 4.25. The van der Waals surface area contributed by atoms with E-state index in [9.17, 15) is 14.9 Å². The molecule has 0 unspecified atom stereocenters. The highest BCUT2D eigenvalue weighted by molar-refractivity contribution is 6.32. The van der Waals surface area contributed by atoms with E-state index in [0.717, 1.165) is 11.3 Å². The fourth-order valence-electron chi connectivity index (χ4n) is 3.05. The Bertz CT molecular complexity index is 854. The van der Waals surface area contributed by atoms with Gasteiger partial charge < -0.3 is 4.90 Å². The van der Waals surface area contributed by atoms with Crippen LogP contribution in [0.4, 0.5) is 5.69 Å². The lowest BCUT2D eigenvalue weighted by Crippen LogP contribution is -2.37. The largest absolute Gasteiger partial charge is 0.334 e. The molecule has 0 radical (unpaired) electrons. The van der Waals surface area contributed by atoms with Crippen molar-refractivity contribution < 1.29 is 9.72 Å². The van der Waals surface area contributed by atoms with Crippen molar-refractivity contribution in [1.29, 1.82) is 0 Å². The van der Waals surface area contributed by atoms with Crippen LogP contribution >= 0.6 is 11.6 Å². The predicted molar refractivity (Wildman–Crippen MR) is 93.8 cm³/mol. The molecule has 2 heterocycles. The van der Waals surface area contributed by atoms with Crippen molar-refractivity contribution in [3.63, 3.8) is 0 Å². The molecule has 0 atom stereocenters. The SMILES string of the molecule is CC(C)(C)n1ncc2c1CCN(C(=O)c1ccc(Cl)c([N+](=O)[O-])c1)C2. The van der Waals surface area contributed by atoms with E-state index >= 15 is 0 Å². The molecule has 1 aliphatic heterocycles. The second kappa shape index (κ2) is 6.15. The average Bonchev–Trinajstić information content (AvgIpc) is 2.97. The summed E-state index contributed by atoms with van der Waals surface area (Å²) in [4.78, 5) is 24.9. The molecule has 0 saturated heterocycles. The summed E-state index contributed by atoms with van der Waals surface area (Å²) in [6.07, 6.45) is 2.50. The van der Waals surface area contributed by atoms with E-state index in [0.29, 0.717) is 19.5 Å². The van der Waals surface area contributed by atoms with Crippen molar-refractivity contribution in [2.75, 3.05) is 6.54 Å². The van der Waals surface area contributed by atoms with E-state index in [1.807, 2.05) is 4.68 Å². The van der Waals surface area contributed by atoms with Gasteiger partial charge in [-0.3, -0.25) is 19.6 Å². The number of aromatic nitrogens is 2.